The molecule has 0 fully saturated rings. The van der Waals surface area contributed by atoms with Crippen LogP contribution in [0, 0.1) is 10.1 Å². The second kappa shape index (κ2) is 4.12. The number of nitrogens with two attached hydrogens (primary N) is 1. The van der Waals surface area contributed by atoms with Crippen molar-refractivity contribution in [2.45, 2.75) is 0 Å². The molecule has 0 amide bonds. The van der Waals surface area contributed by atoms with Crippen LogP contribution in [0.4, 0.5) is 5.69 Å². The average molecular weight is 211 g/mol. The average Bonchev–Trinajstić information content (AvgIpc) is 2.16. The molecule has 0 aliphatic carbocycles. The minimum atomic E-state index is -0.459. The second-order valence-corrected chi connectivity index (χ2v) is 3.11. The van der Waals surface area contributed by atoms with Gasteiger partial charge in [-0.3, -0.25) is 10.1 Å². The number of non-ortho nitro benzene ring substituents is 1. The fraction of sp³-hybridized carbons (Fsp3) is 0.125. The van der Waals surface area contributed by atoms with Crippen molar-refractivity contribution in [3.63, 3.8) is 0 Å². The molecule has 0 aromatic heterocycles. The van der Waals surface area contributed by atoms with Crippen LogP contribution in [0.2, 0.25) is 0 Å². The van der Waals surface area contributed by atoms with E-state index in [9.17, 15) is 10.1 Å². The van der Waals surface area contributed by atoms with E-state index in [2.05, 4.69) is 0 Å². The Morgan fingerprint density at radius 1 is 1.50 bits per heavy atom. The third-order valence-corrected chi connectivity index (χ3v) is 2.17. The topological polar surface area (TPSA) is 72.4 Å². The van der Waals surface area contributed by atoms with Gasteiger partial charge in [0.15, 0.2) is 0 Å². The van der Waals surface area contributed by atoms with Gasteiger partial charge in [-0.05, 0) is 12.1 Å². The number of hydrogen-bond donors (Lipinski definition) is 1. The highest BCUT2D eigenvalue weighted by Gasteiger charge is 2.07. The highest BCUT2D eigenvalue weighted by Crippen LogP contribution is 2.12. The molecule has 0 spiro atoms. The summed E-state index contributed by atoms with van der Waals surface area (Å²) in [6.07, 6.45) is 0. The Labute approximate surface area is 86.2 Å². The van der Waals surface area contributed by atoms with Gasteiger partial charge < -0.3 is 5.01 Å². The number of nitro groups is 1. The van der Waals surface area contributed by atoms with E-state index < -0.39 is 4.92 Å². The summed E-state index contributed by atoms with van der Waals surface area (Å²) in [7, 11) is 1.61. The van der Waals surface area contributed by atoms with Crippen molar-refractivity contribution < 1.29 is 4.92 Å². The van der Waals surface area contributed by atoms with Crippen LogP contribution in [0.25, 0.3) is 0 Å². The molecule has 0 radical (unpaired) electrons. The third-order valence-electron chi connectivity index (χ3n) is 1.65. The Hall–Kier alpha value is -1.53. The lowest BCUT2D eigenvalue weighted by Crippen LogP contribution is -2.32. The van der Waals surface area contributed by atoms with Crippen molar-refractivity contribution in [1.82, 2.24) is 5.01 Å². The quantitative estimate of drug-likeness (QED) is 0.343. The monoisotopic (exact) mass is 211 g/mol. The minimum absolute atomic E-state index is 0.0382. The van der Waals surface area contributed by atoms with Gasteiger partial charge in [-0.15, -0.1) is 0 Å². The zero-order valence-electron chi connectivity index (χ0n) is 7.51. The number of hydrogen-bond acceptors (Lipinski definition) is 4. The van der Waals surface area contributed by atoms with E-state index in [1.165, 1.54) is 17.1 Å². The predicted molar refractivity (Wildman–Crippen MR) is 56.7 cm³/mol. The second-order valence-electron chi connectivity index (χ2n) is 2.72. The molecule has 1 aromatic rings. The van der Waals surface area contributed by atoms with Gasteiger partial charge in [0.05, 0.1) is 4.92 Å². The van der Waals surface area contributed by atoms with E-state index in [0.717, 1.165) is 0 Å². The zero-order chi connectivity index (χ0) is 10.7. The van der Waals surface area contributed by atoms with Gasteiger partial charge in [-0.1, -0.05) is 12.2 Å². The first-order valence-electron chi connectivity index (χ1n) is 3.79. The van der Waals surface area contributed by atoms with Crippen LogP contribution in [0.5, 0.6) is 0 Å². The van der Waals surface area contributed by atoms with Gasteiger partial charge in [0.2, 0.25) is 0 Å². The molecule has 0 heterocycles. The van der Waals surface area contributed by atoms with Crippen molar-refractivity contribution >= 4 is 22.9 Å². The van der Waals surface area contributed by atoms with Crippen molar-refractivity contribution in [2.75, 3.05) is 7.05 Å². The zero-order valence-corrected chi connectivity index (χ0v) is 8.32. The Morgan fingerprint density at radius 3 is 2.36 bits per heavy atom. The van der Waals surface area contributed by atoms with Crippen LogP contribution in [0.1, 0.15) is 5.56 Å². The van der Waals surface area contributed by atoms with Gasteiger partial charge in [-0.25, -0.2) is 5.84 Å². The number of benzene rings is 1. The molecule has 0 atom stereocenters. The highest BCUT2D eigenvalue weighted by molar-refractivity contribution is 7.80. The Balaban J connectivity index is 2.94. The van der Waals surface area contributed by atoms with Gasteiger partial charge in [0, 0.05) is 24.7 Å². The molecule has 0 aliphatic heterocycles. The lowest BCUT2D eigenvalue weighted by molar-refractivity contribution is -0.384. The first-order valence-corrected chi connectivity index (χ1v) is 4.20. The maximum atomic E-state index is 10.4. The van der Waals surface area contributed by atoms with Crippen LogP contribution in [-0.4, -0.2) is 22.0 Å². The molecule has 0 saturated carbocycles. The van der Waals surface area contributed by atoms with Crippen LogP contribution >= 0.6 is 12.2 Å². The lowest BCUT2D eigenvalue weighted by Gasteiger charge is -2.12. The van der Waals surface area contributed by atoms with E-state index in [-0.39, 0.29) is 5.69 Å². The van der Waals surface area contributed by atoms with E-state index in [0.29, 0.717) is 10.6 Å². The summed E-state index contributed by atoms with van der Waals surface area (Å²) >= 11 is 4.98. The van der Waals surface area contributed by atoms with Crippen molar-refractivity contribution in [1.29, 1.82) is 0 Å². The summed E-state index contributed by atoms with van der Waals surface area (Å²) in [5.41, 5.74) is 0.729. The fourth-order valence-electron chi connectivity index (χ4n) is 0.929. The van der Waals surface area contributed by atoms with Gasteiger partial charge in [0.1, 0.15) is 4.99 Å². The molecule has 5 nitrogen and oxygen atoms in total. The molecule has 14 heavy (non-hydrogen) atoms. The smallest absolute Gasteiger partial charge is 0.269 e. The van der Waals surface area contributed by atoms with E-state index in [4.69, 9.17) is 18.1 Å². The maximum Gasteiger partial charge on any atom is 0.269 e. The predicted octanol–water partition coefficient (Wildman–Crippen LogP) is 1.08. The molecule has 0 saturated heterocycles. The first kappa shape index (κ1) is 10.6. The molecule has 6 heteroatoms. The van der Waals surface area contributed by atoms with Gasteiger partial charge in [0.25, 0.3) is 5.69 Å². The summed E-state index contributed by atoms with van der Waals surface area (Å²) in [5.74, 6) is 5.42. The SMILES string of the molecule is CN(N)C(=S)c1ccc([N+](=O)[O-])cc1. The molecule has 0 aliphatic rings. The van der Waals surface area contributed by atoms with Crippen molar-refractivity contribution in [2.24, 2.45) is 5.84 Å². The van der Waals surface area contributed by atoms with Gasteiger partial charge >= 0.3 is 0 Å². The van der Waals surface area contributed by atoms with Crippen molar-refractivity contribution in [3.8, 4) is 0 Å². The molecule has 0 unspecified atom stereocenters. The number of thiocarbonyl (C=S) groups is 1. The van der Waals surface area contributed by atoms with Crippen LogP contribution < -0.4 is 5.84 Å². The maximum absolute atomic E-state index is 10.4. The van der Waals surface area contributed by atoms with Crippen LogP contribution in [-0.2, 0) is 0 Å². The summed E-state index contributed by atoms with van der Waals surface area (Å²) in [4.78, 5) is 10.3. The Kier molecular flexibility index (Phi) is 3.10. The fourth-order valence-corrected chi connectivity index (χ4v) is 1.07. The summed E-state index contributed by atoms with van der Waals surface area (Å²) < 4.78 is 0. The summed E-state index contributed by atoms with van der Waals surface area (Å²) in [5, 5.41) is 11.6. The molecule has 1 rings (SSSR count). The molecule has 74 valence electrons. The lowest BCUT2D eigenvalue weighted by atomic mass is 10.2. The largest absolute Gasteiger partial charge is 0.304 e. The number of nitrogens with zero attached hydrogens (tertiary/aromatic N) is 2. The van der Waals surface area contributed by atoms with E-state index in [1.54, 1.807) is 19.2 Å². The summed E-state index contributed by atoms with van der Waals surface area (Å²) in [6.45, 7) is 0. The van der Waals surface area contributed by atoms with Crippen molar-refractivity contribution in [3.05, 3.63) is 39.9 Å². The number of nitro benzene ring substituents is 1. The molecule has 0 bridgehead atoms. The van der Waals surface area contributed by atoms with Gasteiger partial charge in [-0.2, -0.15) is 0 Å². The van der Waals surface area contributed by atoms with Crippen LogP contribution in [0.15, 0.2) is 24.3 Å². The minimum Gasteiger partial charge on any atom is -0.304 e. The van der Waals surface area contributed by atoms with Crippen LogP contribution in [0.3, 0.4) is 0 Å². The van der Waals surface area contributed by atoms with E-state index in [1.807, 2.05) is 0 Å². The molecule has 1 aromatic carbocycles. The Morgan fingerprint density at radius 2 is 2.00 bits per heavy atom. The summed E-state index contributed by atoms with van der Waals surface area (Å²) in [6, 6.07) is 5.93. The highest BCUT2D eigenvalue weighted by atomic mass is 32.1. The van der Waals surface area contributed by atoms with E-state index >= 15 is 0 Å². The number of rotatable bonds is 2. The first-order chi connectivity index (χ1) is 6.52. The third kappa shape index (κ3) is 2.24. The standard InChI is InChI=1S/C8H9N3O2S/c1-10(9)8(14)6-2-4-7(5-3-6)11(12)13/h2-5H,9H2,1H3. The Bertz CT molecular complexity index is 361. The number of hydrazine groups is 1. The molecular formula is C8H9N3O2S. The molecular weight excluding hydrogens is 202 g/mol. The normalized spacial score (nSPS) is 9.57. The molecule has 2 N–H and O–H groups in total.